The van der Waals surface area contributed by atoms with Gasteiger partial charge in [0.2, 0.25) is 0 Å². The molecular weight excluding hydrogens is 288 g/mol. The summed E-state index contributed by atoms with van der Waals surface area (Å²) in [4.78, 5) is 36.3. The van der Waals surface area contributed by atoms with Crippen molar-refractivity contribution in [3.05, 3.63) is 35.9 Å². The smallest absolute Gasteiger partial charge is 0.423 e. The fraction of sp³-hybridized carbons (Fsp3) is 0.400. The van der Waals surface area contributed by atoms with E-state index >= 15 is 0 Å². The van der Waals surface area contributed by atoms with Gasteiger partial charge in [-0.2, -0.15) is 4.90 Å². The van der Waals surface area contributed by atoms with Crippen LogP contribution in [-0.2, 0) is 20.9 Å². The number of imide groups is 3. The molecule has 0 aliphatic carbocycles. The lowest BCUT2D eigenvalue weighted by Crippen LogP contribution is -2.50. The van der Waals surface area contributed by atoms with Crippen LogP contribution in [0.5, 0.6) is 0 Å². The van der Waals surface area contributed by atoms with E-state index in [-0.39, 0.29) is 6.61 Å². The van der Waals surface area contributed by atoms with Crippen LogP contribution in [0.25, 0.3) is 0 Å². The van der Waals surface area contributed by atoms with E-state index in [0.29, 0.717) is 17.9 Å². The van der Waals surface area contributed by atoms with Crippen molar-refractivity contribution in [3.8, 4) is 0 Å². The van der Waals surface area contributed by atoms with E-state index in [2.05, 4.69) is 5.32 Å². The highest BCUT2D eigenvalue weighted by Gasteiger charge is 2.35. The molecule has 1 aliphatic heterocycles. The van der Waals surface area contributed by atoms with Crippen LogP contribution in [0.2, 0.25) is 0 Å². The number of rotatable bonds is 4. The van der Waals surface area contributed by atoms with Crippen molar-refractivity contribution in [1.82, 2.24) is 10.2 Å². The Labute approximate surface area is 127 Å². The monoisotopic (exact) mass is 306 g/mol. The average Bonchev–Trinajstić information content (AvgIpc) is 3.08. The van der Waals surface area contributed by atoms with Crippen LogP contribution in [0.3, 0.4) is 0 Å². The lowest BCUT2D eigenvalue weighted by molar-refractivity contribution is -0.145. The summed E-state index contributed by atoms with van der Waals surface area (Å²) in [5.41, 5.74) is 0.735. The summed E-state index contributed by atoms with van der Waals surface area (Å²) in [7, 11) is 0. The van der Waals surface area contributed by atoms with Gasteiger partial charge in [0.15, 0.2) is 0 Å². The predicted molar refractivity (Wildman–Crippen MR) is 76.6 cm³/mol. The minimum atomic E-state index is -1.07. The molecule has 0 radical (unpaired) electrons. The summed E-state index contributed by atoms with van der Waals surface area (Å²) < 4.78 is 5.00. The molecule has 2 N–H and O–H groups in total. The third kappa shape index (κ3) is 3.90. The molecule has 0 saturated carbocycles. The quantitative estimate of drug-likeness (QED) is 0.837. The minimum absolute atomic E-state index is 0.0553. The van der Waals surface area contributed by atoms with Gasteiger partial charge in [0, 0.05) is 0 Å². The Bertz CT molecular complexity index is 540. The minimum Gasteiger partial charge on any atom is -0.444 e. The molecule has 3 amide bonds. The number of amides is 3. The molecular formula is C15H18N2O5. The van der Waals surface area contributed by atoms with Crippen molar-refractivity contribution in [3.63, 3.8) is 0 Å². The first-order valence-corrected chi connectivity index (χ1v) is 7.05. The summed E-state index contributed by atoms with van der Waals surface area (Å²) in [6, 6.07) is 8.31. The number of hydrogen-bond donors (Lipinski definition) is 2. The van der Waals surface area contributed by atoms with Gasteiger partial charge in [-0.25, -0.2) is 4.79 Å². The maximum Gasteiger partial charge on any atom is 0.423 e. The molecule has 0 spiro atoms. The maximum absolute atomic E-state index is 12.2. The van der Waals surface area contributed by atoms with E-state index in [4.69, 9.17) is 9.84 Å². The molecule has 7 heteroatoms. The van der Waals surface area contributed by atoms with Gasteiger partial charge in [-0.05, 0) is 24.9 Å². The van der Waals surface area contributed by atoms with Gasteiger partial charge in [-0.3, -0.25) is 9.59 Å². The molecule has 1 atom stereocenters. The van der Waals surface area contributed by atoms with Crippen LogP contribution in [0.15, 0.2) is 30.3 Å². The highest BCUT2D eigenvalue weighted by molar-refractivity contribution is 6.10. The zero-order valence-electron chi connectivity index (χ0n) is 12.0. The van der Waals surface area contributed by atoms with E-state index < -0.39 is 30.6 Å². The van der Waals surface area contributed by atoms with Crippen LogP contribution in [0, 0.1) is 0 Å². The zero-order valence-corrected chi connectivity index (χ0v) is 12.0. The number of nitrogens with one attached hydrogen (secondary N) is 1. The summed E-state index contributed by atoms with van der Waals surface area (Å²) in [5, 5.41) is 11.9. The van der Waals surface area contributed by atoms with Gasteiger partial charge in [-0.15, -0.1) is 0 Å². The number of aliphatic hydroxyl groups excluding tert-OH is 1. The Morgan fingerprint density at radius 2 is 2.00 bits per heavy atom. The maximum atomic E-state index is 12.2. The van der Waals surface area contributed by atoms with Crippen molar-refractivity contribution < 1.29 is 24.2 Å². The van der Waals surface area contributed by atoms with Gasteiger partial charge in [-0.1, -0.05) is 30.3 Å². The number of aliphatic hydroxyl groups is 1. The topological polar surface area (TPSA) is 95.9 Å². The van der Waals surface area contributed by atoms with Crippen molar-refractivity contribution >= 4 is 17.9 Å². The van der Waals surface area contributed by atoms with Crippen molar-refractivity contribution in [1.29, 1.82) is 0 Å². The Balaban J connectivity index is 2.02. The number of benzene rings is 1. The van der Waals surface area contributed by atoms with Gasteiger partial charge in [0.05, 0.1) is 6.04 Å². The van der Waals surface area contributed by atoms with Crippen LogP contribution in [0.1, 0.15) is 18.4 Å². The zero-order chi connectivity index (χ0) is 15.9. The Kier molecular flexibility index (Phi) is 5.62. The van der Waals surface area contributed by atoms with E-state index in [1.165, 1.54) is 0 Å². The second-order valence-electron chi connectivity index (χ2n) is 4.91. The molecule has 0 unspecified atom stereocenters. The Morgan fingerprint density at radius 1 is 1.27 bits per heavy atom. The van der Waals surface area contributed by atoms with Gasteiger partial charge in [0.1, 0.15) is 13.2 Å². The standard InChI is InChI=1S/C15H18N2O5/c18-9-13(19)17(14(20)12-7-4-8-16-12)15(21)22-10-11-5-2-1-3-6-11/h1-3,5-6,12,16,18H,4,7-10H2/t12-/m0/s1. The third-order valence-corrected chi connectivity index (χ3v) is 3.35. The highest BCUT2D eigenvalue weighted by Crippen LogP contribution is 2.11. The summed E-state index contributed by atoms with van der Waals surface area (Å²) >= 11 is 0. The third-order valence-electron chi connectivity index (χ3n) is 3.35. The largest absolute Gasteiger partial charge is 0.444 e. The molecule has 0 bridgehead atoms. The van der Waals surface area contributed by atoms with E-state index in [1.54, 1.807) is 24.3 Å². The van der Waals surface area contributed by atoms with Crippen LogP contribution >= 0.6 is 0 Å². The average molecular weight is 306 g/mol. The second kappa shape index (κ2) is 7.67. The molecule has 1 saturated heterocycles. The molecule has 0 aromatic heterocycles. The lowest BCUT2D eigenvalue weighted by atomic mass is 10.2. The fourth-order valence-electron chi connectivity index (χ4n) is 2.22. The van der Waals surface area contributed by atoms with Crippen molar-refractivity contribution in [2.24, 2.45) is 0 Å². The fourth-order valence-corrected chi connectivity index (χ4v) is 2.22. The lowest BCUT2D eigenvalue weighted by Gasteiger charge is -2.21. The van der Waals surface area contributed by atoms with E-state index in [9.17, 15) is 14.4 Å². The van der Waals surface area contributed by atoms with Gasteiger partial charge < -0.3 is 15.2 Å². The second-order valence-corrected chi connectivity index (χ2v) is 4.91. The summed E-state index contributed by atoms with van der Waals surface area (Å²) in [6.45, 7) is -0.338. The predicted octanol–water partition coefficient (Wildman–Crippen LogP) is 0.423. The molecule has 1 fully saturated rings. The highest BCUT2D eigenvalue weighted by atomic mass is 16.6. The van der Waals surface area contributed by atoms with Gasteiger partial charge >= 0.3 is 6.09 Å². The molecule has 118 valence electrons. The molecule has 7 nitrogen and oxygen atoms in total. The molecule has 1 aliphatic rings. The normalized spacial score (nSPS) is 17.0. The molecule has 2 rings (SSSR count). The first-order valence-electron chi connectivity index (χ1n) is 7.05. The van der Waals surface area contributed by atoms with Crippen molar-refractivity contribution in [2.75, 3.05) is 13.2 Å². The summed E-state index contributed by atoms with van der Waals surface area (Å²) in [6.07, 6.45) is 0.262. The molecule has 22 heavy (non-hydrogen) atoms. The Morgan fingerprint density at radius 3 is 2.59 bits per heavy atom. The van der Waals surface area contributed by atoms with Gasteiger partial charge in [0.25, 0.3) is 11.8 Å². The Hall–Kier alpha value is -2.25. The number of carbonyl (C=O) groups is 3. The van der Waals surface area contributed by atoms with Crippen molar-refractivity contribution in [2.45, 2.75) is 25.5 Å². The number of carbonyl (C=O) groups excluding carboxylic acids is 3. The van der Waals surface area contributed by atoms with Crippen LogP contribution in [-0.4, -0.2) is 47.1 Å². The van der Waals surface area contributed by atoms with E-state index in [1.807, 2.05) is 6.07 Å². The SMILES string of the molecule is O=C(CO)N(C(=O)OCc1ccccc1)C(=O)[C@@H]1CCCN1. The van der Waals surface area contributed by atoms with Crippen LogP contribution in [0.4, 0.5) is 4.79 Å². The first-order chi connectivity index (χ1) is 10.6. The molecule has 1 heterocycles. The summed E-state index contributed by atoms with van der Waals surface area (Å²) in [5.74, 6) is -1.67. The van der Waals surface area contributed by atoms with E-state index in [0.717, 1.165) is 12.0 Å². The number of ether oxygens (including phenoxy) is 1. The first kappa shape index (κ1) is 16.1. The number of hydrogen-bond acceptors (Lipinski definition) is 6. The van der Waals surface area contributed by atoms with Crippen LogP contribution < -0.4 is 5.32 Å². The molecule has 1 aromatic carbocycles. The molecule has 1 aromatic rings. The number of nitrogens with zero attached hydrogens (tertiary/aromatic N) is 1.